The molecule has 28 heavy (non-hydrogen) atoms. The van der Waals surface area contributed by atoms with Crippen LogP contribution in [0.4, 0.5) is 11.4 Å². The van der Waals surface area contributed by atoms with Gasteiger partial charge in [-0.1, -0.05) is 18.7 Å². The molecule has 1 aromatic heterocycles. The third-order valence-electron chi connectivity index (χ3n) is 5.25. The maximum Gasteiger partial charge on any atom is 0.290 e. The molecule has 2 heterocycles. The highest BCUT2D eigenvalue weighted by Crippen LogP contribution is 2.22. The van der Waals surface area contributed by atoms with E-state index in [-0.39, 0.29) is 11.2 Å². The molecule has 150 valence electrons. The highest BCUT2D eigenvalue weighted by atomic mass is 16.5. The summed E-state index contributed by atoms with van der Waals surface area (Å²) in [6.07, 6.45) is 2.45. The molecule has 0 atom stereocenters. The number of hydrogen-bond acceptors (Lipinski definition) is 6. The molecule has 1 aliphatic heterocycles. The van der Waals surface area contributed by atoms with E-state index >= 15 is 0 Å². The lowest BCUT2D eigenvalue weighted by Gasteiger charge is -2.36. The molecule has 7 nitrogen and oxygen atoms in total. The van der Waals surface area contributed by atoms with Crippen LogP contribution in [-0.4, -0.2) is 54.5 Å². The summed E-state index contributed by atoms with van der Waals surface area (Å²) in [6, 6.07) is 8.19. The first-order chi connectivity index (χ1) is 13.5. The zero-order valence-electron chi connectivity index (χ0n) is 16.7. The number of nitrogen functional groups attached to an aromatic ring is 1. The van der Waals surface area contributed by atoms with Crippen molar-refractivity contribution in [1.82, 2.24) is 14.7 Å². The van der Waals surface area contributed by atoms with Crippen molar-refractivity contribution >= 4 is 17.5 Å². The first-order valence-electron chi connectivity index (χ1n) is 9.64. The average molecular weight is 383 g/mol. The molecule has 3 rings (SSSR count). The van der Waals surface area contributed by atoms with Crippen molar-refractivity contribution < 1.29 is 4.74 Å². The standard InChI is InChI=1S/C21H29N5O2/c1-4-19-16(2)23-26(21(27)20(19)22)10-6-9-24-11-13-25(14-12-24)17-7-5-8-18(15-17)28-3/h4-5,7-8,15H,1,6,9-14,22H2,2-3H3. The zero-order chi connectivity index (χ0) is 20.1. The van der Waals surface area contributed by atoms with Crippen LogP contribution >= 0.6 is 0 Å². The molecule has 0 amide bonds. The number of benzene rings is 1. The number of anilines is 2. The molecule has 2 N–H and O–H groups in total. The van der Waals surface area contributed by atoms with Crippen molar-refractivity contribution in [1.29, 1.82) is 0 Å². The van der Waals surface area contributed by atoms with Crippen molar-refractivity contribution in [3.8, 4) is 5.75 Å². The summed E-state index contributed by atoms with van der Waals surface area (Å²) < 4.78 is 6.79. The summed E-state index contributed by atoms with van der Waals surface area (Å²) in [4.78, 5) is 17.1. The Morgan fingerprint density at radius 2 is 2.00 bits per heavy atom. The van der Waals surface area contributed by atoms with E-state index in [0.717, 1.165) is 50.6 Å². The van der Waals surface area contributed by atoms with Crippen molar-refractivity contribution in [3.05, 3.63) is 52.5 Å². The second-order valence-corrected chi connectivity index (χ2v) is 7.03. The fraction of sp³-hybridized carbons (Fsp3) is 0.429. The van der Waals surface area contributed by atoms with E-state index in [9.17, 15) is 4.79 Å². The number of nitrogens with two attached hydrogens (primary N) is 1. The van der Waals surface area contributed by atoms with Crippen LogP contribution in [-0.2, 0) is 6.54 Å². The second-order valence-electron chi connectivity index (χ2n) is 7.03. The molecule has 1 saturated heterocycles. The van der Waals surface area contributed by atoms with Crippen LogP contribution in [0.2, 0.25) is 0 Å². The molecule has 0 spiro atoms. The van der Waals surface area contributed by atoms with E-state index in [0.29, 0.717) is 12.1 Å². The first kappa shape index (κ1) is 19.9. The summed E-state index contributed by atoms with van der Waals surface area (Å²) >= 11 is 0. The normalized spacial score (nSPS) is 14.9. The molecule has 1 aliphatic rings. The molecule has 0 unspecified atom stereocenters. The quantitative estimate of drug-likeness (QED) is 0.788. The summed E-state index contributed by atoms with van der Waals surface area (Å²) in [7, 11) is 1.69. The van der Waals surface area contributed by atoms with E-state index in [2.05, 4.69) is 33.6 Å². The van der Waals surface area contributed by atoms with Crippen molar-refractivity contribution in [2.24, 2.45) is 0 Å². The average Bonchev–Trinajstić information content (AvgIpc) is 2.72. The molecule has 1 fully saturated rings. The largest absolute Gasteiger partial charge is 0.497 e. The molecule has 0 bridgehead atoms. The van der Waals surface area contributed by atoms with Gasteiger partial charge in [-0.25, -0.2) is 4.68 Å². The molecule has 0 radical (unpaired) electrons. The molecule has 7 heteroatoms. The van der Waals surface area contributed by atoms with Gasteiger partial charge in [-0.3, -0.25) is 9.69 Å². The summed E-state index contributed by atoms with van der Waals surface area (Å²) in [5.74, 6) is 0.884. The predicted octanol–water partition coefficient (Wildman–Crippen LogP) is 2.00. The lowest BCUT2D eigenvalue weighted by molar-refractivity contribution is 0.248. The van der Waals surface area contributed by atoms with Crippen LogP contribution < -0.4 is 20.9 Å². The minimum atomic E-state index is -0.233. The van der Waals surface area contributed by atoms with Gasteiger partial charge in [-0.05, 0) is 25.5 Å². The number of rotatable bonds is 7. The Morgan fingerprint density at radius 1 is 1.25 bits per heavy atom. The van der Waals surface area contributed by atoms with Gasteiger partial charge in [0.2, 0.25) is 0 Å². The highest BCUT2D eigenvalue weighted by Gasteiger charge is 2.17. The molecular formula is C21H29N5O2. The molecule has 0 aliphatic carbocycles. The number of aromatic nitrogens is 2. The van der Waals surface area contributed by atoms with Gasteiger partial charge < -0.3 is 15.4 Å². The van der Waals surface area contributed by atoms with Crippen molar-refractivity contribution in [2.75, 3.05) is 50.5 Å². The SMILES string of the molecule is C=Cc1c(C)nn(CCCN2CCN(c3cccc(OC)c3)CC2)c(=O)c1N. The fourth-order valence-electron chi connectivity index (χ4n) is 3.62. The Labute approximate surface area is 166 Å². The van der Waals surface area contributed by atoms with Gasteiger partial charge in [0.25, 0.3) is 5.56 Å². The van der Waals surface area contributed by atoms with Crippen molar-refractivity contribution in [3.63, 3.8) is 0 Å². The van der Waals surface area contributed by atoms with E-state index in [1.54, 1.807) is 13.2 Å². The second kappa shape index (κ2) is 8.93. The number of piperazine rings is 1. The van der Waals surface area contributed by atoms with Crippen LogP contribution in [0.1, 0.15) is 17.7 Å². The third kappa shape index (κ3) is 4.36. The van der Waals surface area contributed by atoms with Crippen LogP contribution in [0.25, 0.3) is 6.08 Å². The lowest BCUT2D eigenvalue weighted by atomic mass is 10.2. The van der Waals surface area contributed by atoms with Gasteiger partial charge in [0, 0.05) is 56.6 Å². The Balaban J connectivity index is 1.51. The Bertz CT molecular complexity index is 885. The summed E-state index contributed by atoms with van der Waals surface area (Å²) in [5.41, 5.74) is 8.50. The van der Waals surface area contributed by atoms with Crippen LogP contribution in [0.5, 0.6) is 5.75 Å². The number of hydrogen-bond donors (Lipinski definition) is 1. The first-order valence-corrected chi connectivity index (χ1v) is 9.64. The van der Waals surface area contributed by atoms with E-state index in [4.69, 9.17) is 10.5 Å². The van der Waals surface area contributed by atoms with Crippen molar-refractivity contribution in [2.45, 2.75) is 19.9 Å². The number of nitrogens with zero attached hydrogens (tertiary/aromatic N) is 4. The number of aryl methyl sites for hydroxylation is 2. The Kier molecular flexibility index (Phi) is 6.36. The monoisotopic (exact) mass is 383 g/mol. The minimum absolute atomic E-state index is 0.231. The molecule has 2 aromatic rings. The molecular weight excluding hydrogens is 354 g/mol. The van der Waals surface area contributed by atoms with Gasteiger partial charge in [0.1, 0.15) is 11.4 Å². The maximum absolute atomic E-state index is 12.3. The van der Waals surface area contributed by atoms with Crippen LogP contribution in [0.3, 0.4) is 0 Å². The van der Waals surface area contributed by atoms with Gasteiger partial charge in [0.15, 0.2) is 0 Å². The van der Waals surface area contributed by atoms with Gasteiger partial charge in [0.05, 0.1) is 12.8 Å². The topological polar surface area (TPSA) is 76.6 Å². The summed E-state index contributed by atoms with van der Waals surface area (Å²) in [5, 5.41) is 4.37. The fourth-order valence-corrected chi connectivity index (χ4v) is 3.62. The third-order valence-corrected chi connectivity index (χ3v) is 5.25. The smallest absolute Gasteiger partial charge is 0.290 e. The van der Waals surface area contributed by atoms with Crippen LogP contribution in [0.15, 0.2) is 35.6 Å². The van der Waals surface area contributed by atoms with Gasteiger partial charge in [-0.2, -0.15) is 5.10 Å². The number of ether oxygens (including phenoxy) is 1. The minimum Gasteiger partial charge on any atom is -0.497 e. The predicted molar refractivity (Wildman–Crippen MR) is 114 cm³/mol. The Hall–Kier alpha value is -2.80. The molecule has 0 saturated carbocycles. The number of methoxy groups -OCH3 is 1. The zero-order valence-corrected chi connectivity index (χ0v) is 16.7. The van der Waals surface area contributed by atoms with Gasteiger partial charge in [-0.15, -0.1) is 0 Å². The maximum atomic E-state index is 12.3. The van der Waals surface area contributed by atoms with E-state index < -0.39 is 0 Å². The summed E-state index contributed by atoms with van der Waals surface area (Å²) in [6.45, 7) is 11.0. The van der Waals surface area contributed by atoms with E-state index in [1.165, 1.54) is 10.4 Å². The molecule has 1 aromatic carbocycles. The van der Waals surface area contributed by atoms with Gasteiger partial charge >= 0.3 is 0 Å². The lowest BCUT2D eigenvalue weighted by Crippen LogP contribution is -2.46. The van der Waals surface area contributed by atoms with E-state index in [1.807, 2.05) is 19.1 Å². The Morgan fingerprint density at radius 3 is 2.68 bits per heavy atom. The highest BCUT2D eigenvalue weighted by molar-refractivity contribution is 5.63. The van der Waals surface area contributed by atoms with Crippen LogP contribution in [0, 0.1) is 6.92 Å².